The van der Waals surface area contributed by atoms with Gasteiger partial charge in [0, 0.05) is 14.5 Å². The fraction of sp³-hybridized carbons (Fsp3) is 0.300. The van der Waals surface area contributed by atoms with E-state index in [-0.39, 0.29) is 11.9 Å². The Morgan fingerprint density at radius 1 is 1.27 bits per heavy atom. The normalized spacial score (nSPS) is 15.9. The molecule has 15 heavy (non-hydrogen) atoms. The molecule has 0 bridgehead atoms. The molecule has 0 atom stereocenters. The molecule has 3 nitrogen and oxygen atoms in total. The molecule has 1 N–H and O–H groups in total. The van der Waals surface area contributed by atoms with Gasteiger partial charge in [0.1, 0.15) is 0 Å². The monoisotopic (exact) mass is 333 g/mol. The lowest BCUT2D eigenvalue weighted by molar-refractivity contribution is -0.00346. The van der Waals surface area contributed by atoms with Crippen molar-refractivity contribution in [2.24, 2.45) is 0 Å². The van der Waals surface area contributed by atoms with Crippen LogP contribution in [0.3, 0.4) is 0 Å². The predicted molar refractivity (Wildman–Crippen MR) is 63.9 cm³/mol. The number of hydrogen-bond acceptors (Lipinski definition) is 2. The highest BCUT2D eigenvalue weighted by Gasteiger charge is 2.21. The largest absolute Gasteiger partial charge is 0.377 e. The molecule has 0 radical (unpaired) electrons. The van der Waals surface area contributed by atoms with Gasteiger partial charge in [0.25, 0.3) is 5.91 Å². The molecule has 0 spiro atoms. The Morgan fingerprint density at radius 3 is 2.33 bits per heavy atom. The first-order chi connectivity index (χ1) is 7.15. The zero-order valence-corrected chi connectivity index (χ0v) is 11.0. The number of ether oxygens (including phenoxy) is 1. The number of benzene rings is 1. The minimum Gasteiger partial charge on any atom is -0.377 e. The molecule has 1 fully saturated rings. The highest BCUT2D eigenvalue weighted by atomic mass is 79.9. The number of carbonyl (C=O) groups is 1. The molecule has 1 heterocycles. The predicted octanol–water partition coefficient (Wildman–Crippen LogP) is 2.34. The van der Waals surface area contributed by atoms with E-state index in [1.165, 1.54) is 0 Å². The van der Waals surface area contributed by atoms with Gasteiger partial charge in [-0.2, -0.15) is 0 Å². The molecule has 1 aliphatic rings. The average Bonchev–Trinajstić information content (AvgIpc) is 2.09. The van der Waals surface area contributed by atoms with Crippen molar-refractivity contribution in [1.82, 2.24) is 5.32 Å². The molecule has 80 valence electrons. The lowest BCUT2D eigenvalue weighted by atomic mass is 10.2. The van der Waals surface area contributed by atoms with E-state index < -0.39 is 0 Å². The first-order valence-corrected chi connectivity index (χ1v) is 6.08. The lowest BCUT2D eigenvalue weighted by Crippen LogP contribution is -2.48. The van der Waals surface area contributed by atoms with Crippen molar-refractivity contribution in [2.45, 2.75) is 6.04 Å². The molecule has 1 amide bonds. The van der Waals surface area contributed by atoms with Crippen LogP contribution in [0, 0.1) is 0 Å². The van der Waals surface area contributed by atoms with Crippen LogP contribution in [0.2, 0.25) is 0 Å². The van der Waals surface area contributed by atoms with Gasteiger partial charge >= 0.3 is 0 Å². The van der Waals surface area contributed by atoms with Crippen molar-refractivity contribution in [3.63, 3.8) is 0 Å². The van der Waals surface area contributed by atoms with Crippen LogP contribution in [0.4, 0.5) is 0 Å². The van der Waals surface area contributed by atoms with Crippen molar-refractivity contribution < 1.29 is 9.53 Å². The summed E-state index contributed by atoms with van der Waals surface area (Å²) in [5, 5.41) is 2.88. The molecule has 0 aliphatic carbocycles. The third-order valence-corrected chi connectivity index (χ3v) is 3.01. The van der Waals surface area contributed by atoms with Crippen molar-refractivity contribution >= 4 is 37.8 Å². The zero-order valence-electron chi connectivity index (χ0n) is 7.80. The van der Waals surface area contributed by atoms with Crippen molar-refractivity contribution in [3.8, 4) is 0 Å². The van der Waals surface area contributed by atoms with Crippen LogP contribution < -0.4 is 5.32 Å². The number of nitrogens with one attached hydrogen (secondary N) is 1. The Kier molecular flexibility index (Phi) is 3.43. The molecule has 5 heteroatoms. The van der Waals surface area contributed by atoms with Crippen LogP contribution >= 0.6 is 31.9 Å². The Labute approximate surface area is 104 Å². The molecule has 0 unspecified atom stereocenters. The van der Waals surface area contributed by atoms with Crippen LogP contribution in [-0.4, -0.2) is 25.2 Å². The maximum Gasteiger partial charge on any atom is 0.251 e. The van der Waals surface area contributed by atoms with Crippen molar-refractivity contribution in [2.75, 3.05) is 13.2 Å². The summed E-state index contributed by atoms with van der Waals surface area (Å²) in [6.45, 7) is 1.22. The molecule has 1 saturated heterocycles. The second kappa shape index (κ2) is 4.63. The number of carbonyl (C=O) groups excluding carboxylic acids is 1. The maximum absolute atomic E-state index is 11.7. The highest BCUT2D eigenvalue weighted by Crippen LogP contribution is 2.20. The van der Waals surface area contributed by atoms with E-state index in [1.54, 1.807) is 12.1 Å². The van der Waals surface area contributed by atoms with E-state index in [4.69, 9.17) is 4.74 Å². The topological polar surface area (TPSA) is 38.3 Å². The van der Waals surface area contributed by atoms with Gasteiger partial charge in [-0.3, -0.25) is 4.79 Å². The van der Waals surface area contributed by atoms with Gasteiger partial charge in [-0.25, -0.2) is 0 Å². The number of halogens is 2. The Morgan fingerprint density at radius 2 is 1.87 bits per heavy atom. The van der Waals surface area contributed by atoms with E-state index in [2.05, 4.69) is 37.2 Å². The molecule has 1 aliphatic heterocycles. The highest BCUT2D eigenvalue weighted by molar-refractivity contribution is 9.11. The molecule has 0 aromatic heterocycles. The standard InChI is InChI=1S/C10H9Br2NO2/c11-7-1-6(2-8(12)3-7)10(14)13-9-4-15-5-9/h1-3,9H,4-5H2,(H,13,14). The first kappa shape index (κ1) is 11.1. The van der Waals surface area contributed by atoms with Crippen LogP contribution in [0.5, 0.6) is 0 Å². The second-order valence-corrected chi connectivity index (χ2v) is 5.20. The quantitative estimate of drug-likeness (QED) is 0.901. The Balaban J connectivity index is 2.10. The Bertz CT molecular complexity index is 371. The van der Waals surface area contributed by atoms with E-state index in [0.717, 1.165) is 8.95 Å². The zero-order chi connectivity index (χ0) is 10.8. The summed E-state index contributed by atoms with van der Waals surface area (Å²) in [4.78, 5) is 11.7. The minimum absolute atomic E-state index is 0.0645. The number of amides is 1. The summed E-state index contributed by atoms with van der Waals surface area (Å²) in [7, 11) is 0. The lowest BCUT2D eigenvalue weighted by Gasteiger charge is -2.26. The molecular formula is C10H9Br2NO2. The SMILES string of the molecule is O=C(NC1COC1)c1cc(Br)cc(Br)c1. The van der Waals surface area contributed by atoms with Gasteiger partial charge in [-0.15, -0.1) is 0 Å². The van der Waals surface area contributed by atoms with Crippen LogP contribution in [0.15, 0.2) is 27.1 Å². The van der Waals surface area contributed by atoms with Crippen molar-refractivity contribution in [1.29, 1.82) is 0 Å². The van der Waals surface area contributed by atoms with Crippen LogP contribution in [0.1, 0.15) is 10.4 Å². The van der Waals surface area contributed by atoms with Crippen molar-refractivity contribution in [3.05, 3.63) is 32.7 Å². The summed E-state index contributed by atoms with van der Waals surface area (Å²) < 4.78 is 6.75. The second-order valence-electron chi connectivity index (χ2n) is 3.37. The summed E-state index contributed by atoms with van der Waals surface area (Å²) in [6, 6.07) is 5.64. The molecular weight excluding hydrogens is 326 g/mol. The molecule has 1 aromatic carbocycles. The fourth-order valence-electron chi connectivity index (χ4n) is 1.27. The number of hydrogen-bond donors (Lipinski definition) is 1. The first-order valence-electron chi connectivity index (χ1n) is 4.50. The summed E-state index contributed by atoms with van der Waals surface area (Å²) >= 11 is 6.69. The third kappa shape index (κ3) is 2.80. The van der Waals surface area contributed by atoms with Crippen LogP contribution in [-0.2, 0) is 4.74 Å². The van der Waals surface area contributed by atoms with Gasteiger partial charge in [-0.05, 0) is 18.2 Å². The van der Waals surface area contributed by atoms with Gasteiger partial charge in [0.05, 0.1) is 19.3 Å². The van der Waals surface area contributed by atoms with Gasteiger partial charge in [0.2, 0.25) is 0 Å². The summed E-state index contributed by atoms with van der Waals surface area (Å²) in [5.74, 6) is -0.0645. The van der Waals surface area contributed by atoms with E-state index in [0.29, 0.717) is 18.8 Å². The fourth-order valence-corrected chi connectivity index (χ4v) is 2.57. The molecule has 2 rings (SSSR count). The summed E-state index contributed by atoms with van der Waals surface area (Å²) in [5.41, 5.74) is 0.642. The maximum atomic E-state index is 11.7. The van der Waals surface area contributed by atoms with Crippen LogP contribution in [0.25, 0.3) is 0 Å². The van der Waals surface area contributed by atoms with Gasteiger partial charge in [-0.1, -0.05) is 31.9 Å². The summed E-state index contributed by atoms with van der Waals surface area (Å²) in [6.07, 6.45) is 0. The third-order valence-electron chi connectivity index (χ3n) is 2.10. The Hall–Kier alpha value is -0.390. The molecule has 0 saturated carbocycles. The van der Waals surface area contributed by atoms with E-state index in [1.807, 2.05) is 6.07 Å². The van der Waals surface area contributed by atoms with E-state index >= 15 is 0 Å². The van der Waals surface area contributed by atoms with Gasteiger partial charge < -0.3 is 10.1 Å². The average molecular weight is 335 g/mol. The minimum atomic E-state index is -0.0645. The van der Waals surface area contributed by atoms with Gasteiger partial charge in [0.15, 0.2) is 0 Å². The molecule has 1 aromatic rings. The smallest absolute Gasteiger partial charge is 0.251 e. The van der Waals surface area contributed by atoms with E-state index in [9.17, 15) is 4.79 Å². The number of rotatable bonds is 2.